The molecule has 1 fully saturated rings. The van der Waals surface area contributed by atoms with Gasteiger partial charge in [0, 0.05) is 6.20 Å². The van der Waals surface area contributed by atoms with Crippen molar-refractivity contribution in [2.75, 3.05) is 11.9 Å². The third kappa shape index (κ3) is 2.33. The Morgan fingerprint density at radius 3 is 3.00 bits per heavy atom. The molecule has 1 saturated heterocycles. The van der Waals surface area contributed by atoms with E-state index in [1.807, 2.05) is 6.92 Å². The second kappa shape index (κ2) is 4.39. The van der Waals surface area contributed by atoms with Gasteiger partial charge in [-0.3, -0.25) is 4.79 Å². The maximum atomic E-state index is 12.0. The van der Waals surface area contributed by atoms with Crippen molar-refractivity contribution in [2.45, 2.75) is 25.3 Å². The van der Waals surface area contributed by atoms with Crippen molar-refractivity contribution < 1.29 is 4.79 Å². The summed E-state index contributed by atoms with van der Waals surface area (Å²) >= 11 is 5.72. The van der Waals surface area contributed by atoms with E-state index in [-0.39, 0.29) is 5.91 Å². The lowest BCUT2D eigenvalue weighted by molar-refractivity contribution is -0.121. The highest BCUT2D eigenvalue weighted by Crippen LogP contribution is 2.20. The van der Waals surface area contributed by atoms with Crippen LogP contribution in [0.15, 0.2) is 18.3 Å². The Bertz CT molecular complexity index is 385. The van der Waals surface area contributed by atoms with Crippen molar-refractivity contribution >= 4 is 23.3 Å². The second-order valence-corrected chi connectivity index (χ2v) is 4.61. The normalized spacial score (nSPS) is 24.4. The highest BCUT2D eigenvalue weighted by atomic mass is 35.5. The highest BCUT2D eigenvalue weighted by molar-refractivity contribution is 6.30. The van der Waals surface area contributed by atoms with Crippen LogP contribution in [0.1, 0.15) is 19.8 Å². The summed E-state index contributed by atoms with van der Waals surface area (Å²) < 4.78 is 0. The van der Waals surface area contributed by atoms with Crippen LogP contribution in [0.3, 0.4) is 0 Å². The van der Waals surface area contributed by atoms with Crippen molar-refractivity contribution in [3.05, 3.63) is 23.4 Å². The molecular weight excluding hydrogens is 226 g/mol. The molecule has 86 valence electrons. The van der Waals surface area contributed by atoms with E-state index in [9.17, 15) is 4.79 Å². The summed E-state index contributed by atoms with van der Waals surface area (Å²) in [6, 6.07) is 3.40. The van der Waals surface area contributed by atoms with Gasteiger partial charge in [0.15, 0.2) is 0 Å². The molecule has 16 heavy (non-hydrogen) atoms. The van der Waals surface area contributed by atoms with E-state index in [1.165, 1.54) is 6.20 Å². The quantitative estimate of drug-likeness (QED) is 0.828. The van der Waals surface area contributed by atoms with Crippen molar-refractivity contribution in [3.8, 4) is 0 Å². The van der Waals surface area contributed by atoms with Crippen LogP contribution >= 0.6 is 11.6 Å². The fraction of sp³-hybridized carbons (Fsp3) is 0.455. The van der Waals surface area contributed by atoms with E-state index in [0.717, 1.165) is 19.4 Å². The van der Waals surface area contributed by atoms with E-state index >= 15 is 0 Å². The van der Waals surface area contributed by atoms with Gasteiger partial charge in [-0.15, -0.1) is 0 Å². The molecule has 5 heteroatoms. The molecular formula is C11H14ClN3O. The number of rotatable bonds is 2. The first-order valence-corrected chi connectivity index (χ1v) is 5.66. The Hall–Kier alpha value is -1.13. The smallest absolute Gasteiger partial charge is 0.245 e. The topological polar surface area (TPSA) is 54.0 Å². The van der Waals surface area contributed by atoms with Crippen molar-refractivity contribution in [1.29, 1.82) is 0 Å². The first kappa shape index (κ1) is 11.4. The highest BCUT2D eigenvalue weighted by Gasteiger charge is 2.35. The van der Waals surface area contributed by atoms with Crippen LogP contribution < -0.4 is 10.6 Å². The Labute approximate surface area is 99.4 Å². The molecule has 0 aliphatic carbocycles. The van der Waals surface area contributed by atoms with Crippen LogP contribution in [0.5, 0.6) is 0 Å². The molecule has 4 nitrogen and oxygen atoms in total. The Morgan fingerprint density at radius 1 is 1.62 bits per heavy atom. The third-order valence-corrected chi connectivity index (χ3v) is 3.06. The number of anilines is 1. The van der Waals surface area contributed by atoms with Crippen LogP contribution in [-0.2, 0) is 4.79 Å². The van der Waals surface area contributed by atoms with Crippen LogP contribution in [0, 0.1) is 0 Å². The molecule has 1 amide bonds. The minimum atomic E-state index is -0.471. The van der Waals surface area contributed by atoms with Gasteiger partial charge >= 0.3 is 0 Å². The lowest BCUT2D eigenvalue weighted by atomic mass is 9.99. The van der Waals surface area contributed by atoms with Gasteiger partial charge in [0.05, 0.1) is 10.6 Å². The molecule has 1 unspecified atom stereocenters. The average molecular weight is 240 g/mol. The minimum Gasteiger partial charge on any atom is -0.309 e. The summed E-state index contributed by atoms with van der Waals surface area (Å²) in [5, 5.41) is 6.54. The molecule has 1 aromatic rings. The van der Waals surface area contributed by atoms with E-state index in [0.29, 0.717) is 10.8 Å². The maximum Gasteiger partial charge on any atom is 0.245 e. The molecule has 1 atom stereocenters. The molecule has 2 rings (SSSR count). The van der Waals surface area contributed by atoms with Crippen molar-refractivity contribution in [2.24, 2.45) is 0 Å². The van der Waals surface area contributed by atoms with E-state index in [1.54, 1.807) is 12.1 Å². The number of nitrogens with one attached hydrogen (secondary N) is 2. The molecule has 1 aromatic heterocycles. The average Bonchev–Trinajstić information content (AvgIpc) is 2.70. The molecule has 1 aliphatic heterocycles. The van der Waals surface area contributed by atoms with E-state index in [4.69, 9.17) is 11.6 Å². The van der Waals surface area contributed by atoms with E-state index in [2.05, 4.69) is 15.6 Å². The van der Waals surface area contributed by atoms with Crippen molar-refractivity contribution in [3.63, 3.8) is 0 Å². The minimum absolute atomic E-state index is 0.0418. The lowest BCUT2D eigenvalue weighted by Crippen LogP contribution is -2.48. The van der Waals surface area contributed by atoms with Gasteiger partial charge in [-0.25, -0.2) is 4.98 Å². The van der Waals surface area contributed by atoms with Gasteiger partial charge in [-0.05, 0) is 38.4 Å². The van der Waals surface area contributed by atoms with E-state index < -0.39 is 5.54 Å². The fourth-order valence-electron chi connectivity index (χ4n) is 1.79. The van der Waals surface area contributed by atoms with Crippen LogP contribution in [0.25, 0.3) is 0 Å². The number of nitrogens with zero attached hydrogens (tertiary/aromatic N) is 1. The lowest BCUT2D eigenvalue weighted by Gasteiger charge is -2.22. The predicted molar refractivity (Wildman–Crippen MR) is 63.5 cm³/mol. The molecule has 0 aromatic carbocycles. The number of amides is 1. The molecule has 2 N–H and O–H groups in total. The standard InChI is InChI=1S/C11H14ClN3O/c1-11(5-2-6-14-11)10(16)15-9-4-3-8(12)7-13-9/h3-4,7,14H,2,5-6H2,1H3,(H,13,15,16). The van der Waals surface area contributed by atoms with Crippen molar-refractivity contribution in [1.82, 2.24) is 10.3 Å². The predicted octanol–water partition coefficient (Wildman–Crippen LogP) is 1.82. The van der Waals surface area contributed by atoms with Gasteiger partial charge in [0.1, 0.15) is 5.82 Å². The SMILES string of the molecule is CC1(C(=O)Nc2ccc(Cl)cn2)CCCN1. The zero-order valence-electron chi connectivity index (χ0n) is 9.09. The number of carbonyl (C=O) groups is 1. The molecule has 0 spiro atoms. The Morgan fingerprint density at radius 2 is 2.44 bits per heavy atom. The summed E-state index contributed by atoms with van der Waals surface area (Å²) in [4.78, 5) is 16.0. The fourth-order valence-corrected chi connectivity index (χ4v) is 1.90. The number of carbonyl (C=O) groups excluding carboxylic acids is 1. The molecule has 0 radical (unpaired) electrons. The molecule has 0 bridgehead atoms. The Kier molecular flexibility index (Phi) is 3.12. The number of aromatic nitrogens is 1. The van der Waals surface area contributed by atoms with Gasteiger partial charge in [-0.1, -0.05) is 11.6 Å². The first-order valence-electron chi connectivity index (χ1n) is 5.28. The van der Waals surface area contributed by atoms with Gasteiger partial charge < -0.3 is 10.6 Å². The molecule has 0 saturated carbocycles. The van der Waals surface area contributed by atoms with Crippen LogP contribution in [0.2, 0.25) is 5.02 Å². The maximum absolute atomic E-state index is 12.0. The number of hydrogen-bond acceptors (Lipinski definition) is 3. The second-order valence-electron chi connectivity index (χ2n) is 4.18. The number of pyridine rings is 1. The molecule has 1 aliphatic rings. The molecule has 2 heterocycles. The summed E-state index contributed by atoms with van der Waals surface area (Å²) in [5.41, 5.74) is -0.471. The van der Waals surface area contributed by atoms with Crippen LogP contribution in [0.4, 0.5) is 5.82 Å². The third-order valence-electron chi connectivity index (χ3n) is 2.84. The zero-order chi connectivity index (χ0) is 11.6. The zero-order valence-corrected chi connectivity index (χ0v) is 9.84. The van der Waals surface area contributed by atoms with Crippen LogP contribution in [-0.4, -0.2) is 23.0 Å². The van der Waals surface area contributed by atoms with Gasteiger partial charge in [-0.2, -0.15) is 0 Å². The first-order chi connectivity index (χ1) is 7.60. The summed E-state index contributed by atoms with van der Waals surface area (Å²) in [6.45, 7) is 2.79. The summed E-state index contributed by atoms with van der Waals surface area (Å²) in [5.74, 6) is 0.490. The Balaban J connectivity index is 2.04. The largest absolute Gasteiger partial charge is 0.309 e. The number of halogens is 1. The summed E-state index contributed by atoms with van der Waals surface area (Å²) in [6.07, 6.45) is 3.39. The monoisotopic (exact) mass is 239 g/mol. The summed E-state index contributed by atoms with van der Waals surface area (Å²) in [7, 11) is 0. The number of hydrogen-bond donors (Lipinski definition) is 2. The van der Waals surface area contributed by atoms with Gasteiger partial charge in [0.2, 0.25) is 5.91 Å². The van der Waals surface area contributed by atoms with Gasteiger partial charge in [0.25, 0.3) is 0 Å².